The number of fused-ring (bicyclic) bond motifs is 2. The van der Waals surface area contributed by atoms with Crippen molar-refractivity contribution in [1.82, 2.24) is 4.57 Å². The summed E-state index contributed by atoms with van der Waals surface area (Å²) in [5.41, 5.74) is 1.56. The average molecular weight is 489 g/mol. The second-order valence-corrected chi connectivity index (χ2v) is 7.96. The lowest BCUT2D eigenvalue weighted by Gasteiger charge is -2.19. The Kier molecular flexibility index (Phi) is 6.12. The first kappa shape index (κ1) is 23.1. The van der Waals surface area contributed by atoms with Crippen molar-refractivity contribution in [1.29, 1.82) is 0 Å². The summed E-state index contributed by atoms with van der Waals surface area (Å²) in [6, 6.07) is 17.8. The highest BCUT2D eigenvalue weighted by Gasteiger charge is 2.25. The molecule has 3 aromatic carbocycles. The number of methoxy groups -OCH3 is 1. The van der Waals surface area contributed by atoms with E-state index >= 15 is 0 Å². The fourth-order valence-corrected chi connectivity index (χ4v) is 4.35. The molecule has 0 aliphatic carbocycles. The average Bonchev–Trinajstić information content (AvgIpc) is 3.35. The maximum Gasteiger partial charge on any atom is 0.511 e. The van der Waals surface area contributed by atoms with Gasteiger partial charge < -0.3 is 33.4 Å². The van der Waals surface area contributed by atoms with Crippen molar-refractivity contribution in [2.75, 3.05) is 20.5 Å². The topological polar surface area (TPSA) is 105 Å². The number of carboxylic acid groups (broad SMARTS) is 1. The van der Waals surface area contributed by atoms with E-state index in [1.807, 2.05) is 25.1 Å². The van der Waals surface area contributed by atoms with Crippen LogP contribution in [-0.4, -0.2) is 36.3 Å². The molecule has 1 aliphatic rings. The lowest BCUT2D eigenvalue weighted by atomic mass is 9.98. The minimum atomic E-state index is -1.60. The third-order valence-electron chi connectivity index (χ3n) is 5.88. The molecular formula is C27H23NO8. The van der Waals surface area contributed by atoms with Gasteiger partial charge in [-0.2, -0.15) is 0 Å². The van der Waals surface area contributed by atoms with E-state index in [0.29, 0.717) is 51.6 Å². The maximum atomic E-state index is 13.8. The molecule has 0 spiro atoms. The zero-order valence-corrected chi connectivity index (χ0v) is 19.6. The zero-order chi connectivity index (χ0) is 25.2. The number of nitrogens with zero attached hydrogens (tertiary/aromatic N) is 1. The monoisotopic (exact) mass is 489 g/mol. The number of rotatable bonds is 7. The Balaban J connectivity index is 1.82. The highest BCUT2D eigenvalue weighted by atomic mass is 16.7. The molecule has 9 heteroatoms. The van der Waals surface area contributed by atoms with Crippen LogP contribution in [0, 0.1) is 0 Å². The fraction of sp³-hybridized carbons (Fsp3) is 0.185. The molecule has 0 fully saturated rings. The van der Waals surface area contributed by atoms with Crippen molar-refractivity contribution >= 4 is 17.1 Å². The highest BCUT2D eigenvalue weighted by molar-refractivity contribution is 5.99. The number of pyridine rings is 1. The van der Waals surface area contributed by atoms with Gasteiger partial charge in [0.2, 0.25) is 12.5 Å². The molecule has 0 radical (unpaired) electrons. The van der Waals surface area contributed by atoms with Crippen LogP contribution in [0.25, 0.3) is 22.0 Å². The van der Waals surface area contributed by atoms with Gasteiger partial charge in [0.25, 0.3) is 5.56 Å². The van der Waals surface area contributed by atoms with Crippen LogP contribution in [0.1, 0.15) is 12.5 Å². The van der Waals surface area contributed by atoms with Gasteiger partial charge in [-0.3, -0.25) is 4.79 Å². The normalized spacial score (nSPS) is 11.9. The quantitative estimate of drug-likeness (QED) is 0.365. The van der Waals surface area contributed by atoms with Crippen molar-refractivity contribution in [3.63, 3.8) is 0 Å². The summed E-state index contributed by atoms with van der Waals surface area (Å²) in [7, 11) is 1.55. The number of para-hydroxylation sites is 1. The van der Waals surface area contributed by atoms with Crippen LogP contribution in [0.15, 0.2) is 65.5 Å². The summed E-state index contributed by atoms with van der Waals surface area (Å²) in [6.45, 7) is 2.51. The number of hydrogen-bond acceptors (Lipinski definition) is 7. The number of benzene rings is 3. The number of hydrogen-bond donors (Lipinski definition) is 1. The minimum Gasteiger partial charge on any atom is -0.496 e. The minimum absolute atomic E-state index is 0.0764. The molecule has 0 saturated heterocycles. The van der Waals surface area contributed by atoms with Crippen molar-refractivity contribution in [2.24, 2.45) is 0 Å². The lowest BCUT2D eigenvalue weighted by molar-refractivity contribution is 0.144. The Bertz CT molecular complexity index is 1520. The van der Waals surface area contributed by atoms with Gasteiger partial charge in [-0.1, -0.05) is 24.3 Å². The molecule has 1 N–H and O–H groups in total. The third kappa shape index (κ3) is 4.15. The van der Waals surface area contributed by atoms with Crippen LogP contribution < -0.4 is 29.2 Å². The van der Waals surface area contributed by atoms with Gasteiger partial charge in [0.1, 0.15) is 11.5 Å². The highest BCUT2D eigenvalue weighted by Crippen LogP contribution is 2.42. The third-order valence-corrected chi connectivity index (χ3v) is 5.88. The summed E-state index contributed by atoms with van der Waals surface area (Å²) < 4.78 is 28.7. The summed E-state index contributed by atoms with van der Waals surface area (Å²) in [5, 5.41) is 10.1. The van der Waals surface area contributed by atoms with E-state index < -0.39 is 11.7 Å². The second kappa shape index (κ2) is 9.53. The van der Waals surface area contributed by atoms with Gasteiger partial charge in [0, 0.05) is 16.5 Å². The summed E-state index contributed by atoms with van der Waals surface area (Å²) in [4.78, 5) is 25.5. The van der Waals surface area contributed by atoms with Crippen molar-refractivity contribution in [2.45, 2.75) is 13.5 Å². The number of ether oxygens (including phenoxy) is 5. The van der Waals surface area contributed by atoms with Crippen molar-refractivity contribution in [3.05, 3.63) is 76.6 Å². The first-order chi connectivity index (χ1) is 17.5. The van der Waals surface area contributed by atoms with Crippen LogP contribution in [0.4, 0.5) is 4.79 Å². The smallest absolute Gasteiger partial charge is 0.496 e. The van der Waals surface area contributed by atoms with Crippen LogP contribution in [0.5, 0.6) is 28.7 Å². The standard InChI is InChI=1S/C27H23NO8/c1-3-33-18-9-10-20-19(13-18)24(16-8-11-22-23(12-16)35-15-34-22)25(36-27(30)31)26(29)28(20)14-17-6-4-5-7-21(17)32-2/h4-13H,3,14-15H2,1-2H3,(H,30,31). The van der Waals surface area contributed by atoms with E-state index in [9.17, 15) is 14.7 Å². The molecule has 4 aromatic rings. The fourth-order valence-electron chi connectivity index (χ4n) is 4.35. The van der Waals surface area contributed by atoms with E-state index in [1.54, 1.807) is 49.6 Å². The van der Waals surface area contributed by atoms with E-state index in [-0.39, 0.29) is 19.1 Å². The molecule has 0 unspecified atom stereocenters. The molecule has 0 atom stereocenters. The predicted octanol–water partition coefficient (Wildman–Crippen LogP) is 4.91. The molecule has 1 aliphatic heterocycles. The van der Waals surface area contributed by atoms with Gasteiger partial charge in [-0.05, 0) is 48.9 Å². The van der Waals surface area contributed by atoms with E-state index in [0.717, 1.165) is 5.56 Å². The second-order valence-electron chi connectivity index (χ2n) is 7.96. The Morgan fingerprint density at radius 3 is 2.64 bits per heavy atom. The van der Waals surface area contributed by atoms with E-state index in [1.165, 1.54) is 4.57 Å². The van der Waals surface area contributed by atoms with Crippen LogP contribution in [0.3, 0.4) is 0 Å². The summed E-state index contributed by atoms with van der Waals surface area (Å²) >= 11 is 0. The molecule has 5 rings (SSSR count). The van der Waals surface area contributed by atoms with Gasteiger partial charge >= 0.3 is 6.16 Å². The summed E-state index contributed by atoms with van der Waals surface area (Å²) in [5.74, 6) is 1.89. The molecule has 0 saturated carbocycles. The van der Waals surface area contributed by atoms with Gasteiger partial charge in [0.05, 0.1) is 25.8 Å². The molecule has 2 heterocycles. The van der Waals surface area contributed by atoms with Crippen LogP contribution >= 0.6 is 0 Å². The first-order valence-corrected chi connectivity index (χ1v) is 11.3. The zero-order valence-electron chi connectivity index (χ0n) is 19.6. The van der Waals surface area contributed by atoms with Gasteiger partial charge in [-0.25, -0.2) is 4.79 Å². The molecule has 0 bridgehead atoms. The Morgan fingerprint density at radius 2 is 1.86 bits per heavy atom. The van der Waals surface area contributed by atoms with Gasteiger partial charge in [0.15, 0.2) is 11.5 Å². The molecule has 36 heavy (non-hydrogen) atoms. The van der Waals surface area contributed by atoms with Crippen LogP contribution in [0.2, 0.25) is 0 Å². The maximum absolute atomic E-state index is 13.8. The van der Waals surface area contributed by atoms with E-state index in [2.05, 4.69) is 0 Å². The SMILES string of the molecule is CCOc1ccc2c(c1)c(-c1ccc3c(c1)OCO3)c(OC(=O)O)c(=O)n2Cc1ccccc1OC. The van der Waals surface area contributed by atoms with Crippen molar-refractivity contribution in [3.8, 4) is 39.9 Å². The molecule has 1 aromatic heterocycles. The lowest BCUT2D eigenvalue weighted by Crippen LogP contribution is -2.25. The summed E-state index contributed by atoms with van der Waals surface area (Å²) in [6.07, 6.45) is -1.60. The van der Waals surface area contributed by atoms with E-state index in [4.69, 9.17) is 23.7 Å². The first-order valence-electron chi connectivity index (χ1n) is 11.3. The molecule has 184 valence electrons. The molecular weight excluding hydrogens is 466 g/mol. The van der Waals surface area contributed by atoms with Crippen molar-refractivity contribution < 1.29 is 33.6 Å². The van der Waals surface area contributed by atoms with Crippen LogP contribution in [-0.2, 0) is 6.54 Å². The number of carbonyl (C=O) groups is 1. The Hall–Kier alpha value is -4.66. The van der Waals surface area contributed by atoms with Gasteiger partial charge in [-0.15, -0.1) is 0 Å². The number of aromatic nitrogens is 1. The largest absolute Gasteiger partial charge is 0.511 e. The molecule has 0 amide bonds. The molecule has 9 nitrogen and oxygen atoms in total. The predicted molar refractivity (Wildman–Crippen MR) is 132 cm³/mol. The Labute approximate surface area is 206 Å². The Morgan fingerprint density at radius 1 is 1.06 bits per heavy atom.